The summed E-state index contributed by atoms with van der Waals surface area (Å²) in [4.78, 5) is 23.9. The predicted octanol–water partition coefficient (Wildman–Crippen LogP) is 3.92. The molecule has 0 aromatic heterocycles. The number of carbonyl (C=O) groups excluding carboxylic acids is 2. The SMILES string of the molecule is COc1ccc(C(=O)OCC(=O)Nc2ccc(Br)c(Cl)c2)cc1OC. The lowest BCUT2D eigenvalue weighted by molar-refractivity contribution is -0.119. The summed E-state index contributed by atoms with van der Waals surface area (Å²) in [7, 11) is 2.96. The molecule has 1 N–H and O–H groups in total. The first-order valence-electron chi connectivity index (χ1n) is 7.08. The summed E-state index contributed by atoms with van der Waals surface area (Å²) in [5.41, 5.74) is 0.748. The minimum absolute atomic E-state index is 0.247. The van der Waals surface area contributed by atoms with Crippen LogP contribution in [-0.2, 0) is 9.53 Å². The van der Waals surface area contributed by atoms with Gasteiger partial charge in [0.2, 0.25) is 0 Å². The monoisotopic (exact) mass is 427 g/mol. The van der Waals surface area contributed by atoms with Gasteiger partial charge in [-0.05, 0) is 52.3 Å². The Hall–Kier alpha value is -2.25. The summed E-state index contributed by atoms with van der Waals surface area (Å²) in [5.74, 6) is -0.244. The Morgan fingerprint density at radius 2 is 1.80 bits per heavy atom. The van der Waals surface area contributed by atoms with E-state index in [-0.39, 0.29) is 5.56 Å². The molecule has 0 aliphatic heterocycles. The van der Waals surface area contributed by atoms with E-state index in [1.54, 1.807) is 24.3 Å². The molecule has 1 amide bonds. The molecular formula is C17H15BrClNO5. The molecule has 0 aliphatic rings. The van der Waals surface area contributed by atoms with Crippen LogP contribution in [-0.4, -0.2) is 32.7 Å². The van der Waals surface area contributed by atoms with Crippen molar-refractivity contribution in [3.8, 4) is 11.5 Å². The van der Waals surface area contributed by atoms with Crippen molar-refractivity contribution in [1.82, 2.24) is 0 Å². The number of halogens is 2. The Morgan fingerprint density at radius 3 is 2.44 bits per heavy atom. The highest BCUT2D eigenvalue weighted by atomic mass is 79.9. The molecule has 0 aliphatic carbocycles. The van der Waals surface area contributed by atoms with Crippen molar-refractivity contribution in [3.63, 3.8) is 0 Å². The lowest BCUT2D eigenvalue weighted by Gasteiger charge is -2.10. The van der Waals surface area contributed by atoms with Crippen molar-refractivity contribution in [2.45, 2.75) is 0 Å². The molecule has 0 spiro atoms. The van der Waals surface area contributed by atoms with E-state index in [4.69, 9.17) is 25.8 Å². The fourth-order valence-electron chi connectivity index (χ4n) is 1.95. The third-order valence-electron chi connectivity index (χ3n) is 3.16. The topological polar surface area (TPSA) is 73.9 Å². The average Bonchev–Trinajstić information content (AvgIpc) is 2.62. The number of rotatable bonds is 6. The molecule has 0 unspecified atom stereocenters. The molecular weight excluding hydrogens is 414 g/mol. The molecule has 0 heterocycles. The summed E-state index contributed by atoms with van der Waals surface area (Å²) in [6.07, 6.45) is 0. The standard InChI is InChI=1S/C17H15BrClNO5/c1-23-14-6-3-10(7-15(14)24-2)17(22)25-9-16(21)20-11-4-5-12(18)13(19)8-11/h3-8H,9H2,1-2H3,(H,20,21). The second-order valence-corrected chi connectivity index (χ2v) is 6.08. The zero-order chi connectivity index (χ0) is 18.4. The third-order valence-corrected chi connectivity index (χ3v) is 4.39. The van der Waals surface area contributed by atoms with Crippen LogP contribution in [0.1, 0.15) is 10.4 Å². The molecule has 0 radical (unpaired) electrons. The van der Waals surface area contributed by atoms with Gasteiger partial charge >= 0.3 is 5.97 Å². The van der Waals surface area contributed by atoms with Crippen LogP contribution < -0.4 is 14.8 Å². The van der Waals surface area contributed by atoms with Crippen molar-refractivity contribution in [3.05, 3.63) is 51.5 Å². The quantitative estimate of drug-likeness (QED) is 0.706. The van der Waals surface area contributed by atoms with Crippen LogP contribution in [0.25, 0.3) is 0 Å². The van der Waals surface area contributed by atoms with E-state index in [0.717, 1.165) is 0 Å². The van der Waals surface area contributed by atoms with Gasteiger partial charge in [0.1, 0.15) is 0 Å². The van der Waals surface area contributed by atoms with Gasteiger partial charge in [-0.3, -0.25) is 4.79 Å². The summed E-state index contributed by atoms with van der Waals surface area (Å²) in [6.45, 7) is -0.430. The summed E-state index contributed by atoms with van der Waals surface area (Å²) in [5, 5.41) is 3.05. The number of methoxy groups -OCH3 is 2. The first-order valence-corrected chi connectivity index (χ1v) is 8.25. The van der Waals surface area contributed by atoms with E-state index >= 15 is 0 Å². The summed E-state index contributed by atoms with van der Waals surface area (Å²) in [6, 6.07) is 9.54. The van der Waals surface area contributed by atoms with Gasteiger partial charge in [-0.25, -0.2) is 4.79 Å². The molecule has 0 atom stereocenters. The molecule has 25 heavy (non-hydrogen) atoms. The van der Waals surface area contributed by atoms with E-state index in [2.05, 4.69) is 21.2 Å². The second-order valence-electron chi connectivity index (χ2n) is 4.82. The van der Waals surface area contributed by atoms with Crippen LogP contribution in [0.3, 0.4) is 0 Å². The van der Waals surface area contributed by atoms with Gasteiger partial charge in [-0.1, -0.05) is 11.6 Å². The van der Waals surface area contributed by atoms with Crippen molar-refractivity contribution < 1.29 is 23.8 Å². The van der Waals surface area contributed by atoms with Crippen molar-refractivity contribution in [2.24, 2.45) is 0 Å². The molecule has 0 fully saturated rings. The van der Waals surface area contributed by atoms with Crippen molar-refractivity contribution in [2.75, 3.05) is 26.1 Å². The minimum atomic E-state index is -0.648. The smallest absolute Gasteiger partial charge is 0.338 e. The number of nitrogens with one attached hydrogen (secondary N) is 1. The maximum Gasteiger partial charge on any atom is 0.338 e. The van der Waals surface area contributed by atoms with Crippen LogP contribution in [0.4, 0.5) is 5.69 Å². The van der Waals surface area contributed by atoms with Gasteiger partial charge in [-0.2, -0.15) is 0 Å². The lowest BCUT2D eigenvalue weighted by atomic mass is 10.2. The third kappa shape index (κ3) is 5.11. The highest BCUT2D eigenvalue weighted by Crippen LogP contribution is 2.28. The number of benzene rings is 2. The molecule has 2 aromatic carbocycles. The molecule has 0 saturated heterocycles. The zero-order valence-corrected chi connectivity index (χ0v) is 15.8. The molecule has 8 heteroatoms. The minimum Gasteiger partial charge on any atom is -0.493 e. The molecule has 0 saturated carbocycles. The Morgan fingerprint density at radius 1 is 1.08 bits per heavy atom. The number of carbonyl (C=O) groups is 2. The lowest BCUT2D eigenvalue weighted by Crippen LogP contribution is -2.21. The number of hydrogen-bond acceptors (Lipinski definition) is 5. The Kier molecular flexibility index (Phi) is 6.66. The maximum absolute atomic E-state index is 12.0. The highest BCUT2D eigenvalue weighted by Gasteiger charge is 2.14. The van der Waals surface area contributed by atoms with Crippen LogP contribution >= 0.6 is 27.5 Å². The van der Waals surface area contributed by atoms with Gasteiger partial charge in [0.05, 0.1) is 24.8 Å². The number of anilines is 1. The van der Waals surface area contributed by atoms with Gasteiger partial charge in [0, 0.05) is 10.2 Å². The van der Waals surface area contributed by atoms with E-state index < -0.39 is 18.5 Å². The van der Waals surface area contributed by atoms with Gasteiger partial charge in [-0.15, -0.1) is 0 Å². The Labute approximate surface area is 158 Å². The summed E-state index contributed by atoms with van der Waals surface area (Å²) >= 11 is 9.21. The normalized spacial score (nSPS) is 10.1. The first-order chi connectivity index (χ1) is 11.9. The number of esters is 1. The van der Waals surface area contributed by atoms with Crippen LogP contribution in [0.5, 0.6) is 11.5 Å². The van der Waals surface area contributed by atoms with Crippen molar-refractivity contribution >= 4 is 45.1 Å². The molecule has 2 rings (SSSR count). The van der Waals surface area contributed by atoms with Crippen LogP contribution in [0.15, 0.2) is 40.9 Å². The summed E-state index contributed by atoms with van der Waals surface area (Å²) < 4.78 is 15.9. The molecule has 2 aromatic rings. The largest absolute Gasteiger partial charge is 0.493 e. The first kappa shape index (κ1) is 19.1. The fraction of sp³-hybridized carbons (Fsp3) is 0.176. The predicted molar refractivity (Wildman–Crippen MR) is 97.6 cm³/mol. The zero-order valence-electron chi connectivity index (χ0n) is 13.5. The van der Waals surface area contributed by atoms with Gasteiger partial charge in [0.25, 0.3) is 5.91 Å². The van der Waals surface area contributed by atoms with E-state index in [0.29, 0.717) is 26.7 Å². The molecule has 6 nitrogen and oxygen atoms in total. The van der Waals surface area contributed by atoms with Crippen molar-refractivity contribution in [1.29, 1.82) is 0 Å². The second kappa shape index (κ2) is 8.73. The maximum atomic E-state index is 12.0. The Bertz CT molecular complexity index is 797. The van der Waals surface area contributed by atoms with E-state index in [1.165, 1.54) is 26.4 Å². The van der Waals surface area contributed by atoms with E-state index in [9.17, 15) is 9.59 Å². The number of ether oxygens (including phenoxy) is 3. The number of amides is 1. The van der Waals surface area contributed by atoms with Crippen LogP contribution in [0, 0.1) is 0 Å². The van der Waals surface area contributed by atoms with Gasteiger partial charge in [0.15, 0.2) is 18.1 Å². The average molecular weight is 429 g/mol. The fourth-order valence-corrected chi connectivity index (χ4v) is 2.38. The van der Waals surface area contributed by atoms with Gasteiger partial charge < -0.3 is 19.5 Å². The molecule has 0 bridgehead atoms. The highest BCUT2D eigenvalue weighted by molar-refractivity contribution is 9.10. The molecule has 132 valence electrons. The van der Waals surface area contributed by atoms with E-state index in [1.807, 2.05) is 0 Å². The number of hydrogen-bond donors (Lipinski definition) is 1. The Balaban J connectivity index is 1.94. The van der Waals surface area contributed by atoms with Crippen LogP contribution in [0.2, 0.25) is 5.02 Å².